The van der Waals surface area contributed by atoms with Crippen LogP contribution in [-0.4, -0.2) is 44.5 Å². The molecule has 0 saturated heterocycles. The van der Waals surface area contributed by atoms with E-state index >= 15 is 0 Å². The Morgan fingerprint density at radius 2 is 2.09 bits per heavy atom. The number of amides is 1. The summed E-state index contributed by atoms with van der Waals surface area (Å²) in [5.74, 6) is -0.542. The number of aromatic hydroxyl groups is 1. The first-order chi connectivity index (χ1) is 10.6. The van der Waals surface area contributed by atoms with Crippen LogP contribution in [0.1, 0.15) is 10.4 Å². The van der Waals surface area contributed by atoms with Gasteiger partial charge in [0, 0.05) is 25.1 Å². The predicted molar refractivity (Wildman–Crippen MR) is 79.2 cm³/mol. The molecule has 1 amide bonds. The lowest BCUT2D eigenvalue weighted by Crippen LogP contribution is -2.31. The SMILES string of the molecule is COCCOCCNC(=O)c1cc2ccc(O)cc2oc1=O. The molecule has 7 heteroatoms. The van der Waals surface area contributed by atoms with Gasteiger partial charge in [0.1, 0.15) is 16.9 Å². The van der Waals surface area contributed by atoms with Crippen LogP contribution in [0.5, 0.6) is 5.75 Å². The van der Waals surface area contributed by atoms with Crippen molar-refractivity contribution in [3.8, 4) is 5.75 Å². The molecule has 2 rings (SSSR count). The van der Waals surface area contributed by atoms with Crippen LogP contribution in [-0.2, 0) is 9.47 Å². The lowest BCUT2D eigenvalue weighted by molar-refractivity contribution is 0.0692. The summed E-state index contributed by atoms with van der Waals surface area (Å²) < 4.78 is 15.1. The van der Waals surface area contributed by atoms with Crippen LogP contribution in [0.15, 0.2) is 33.5 Å². The van der Waals surface area contributed by atoms with Crippen molar-refractivity contribution < 1.29 is 23.8 Å². The van der Waals surface area contributed by atoms with E-state index in [0.717, 1.165) is 0 Å². The molecule has 22 heavy (non-hydrogen) atoms. The van der Waals surface area contributed by atoms with Crippen molar-refractivity contribution in [3.05, 3.63) is 40.2 Å². The molecule has 1 aromatic heterocycles. The first kappa shape index (κ1) is 16.0. The van der Waals surface area contributed by atoms with Gasteiger partial charge in [0.15, 0.2) is 0 Å². The molecule has 0 bridgehead atoms. The summed E-state index contributed by atoms with van der Waals surface area (Å²) in [6.07, 6.45) is 0. The minimum absolute atomic E-state index is 0.0129. The molecule has 0 fully saturated rings. The van der Waals surface area contributed by atoms with Crippen molar-refractivity contribution in [2.45, 2.75) is 0 Å². The Balaban J connectivity index is 2.00. The summed E-state index contributed by atoms with van der Waals surface area (Å²) in [4.78, 5) is 23.8. The molecule has 1 aromatic carbocycles. The van der Waals surface area contributed by atoms with Crippen molar-refractivity contribution in [1.82, 2.24) is 5.32 Å². The van der Waals surface area contributed by atoms with E-state index in [-0.39, 0.29) is 23.4 Å². The third-order valence-electron chi connectivity index (χ3n) is 2.93. The maximum absolute atomic E-state index is 12.0. The Kier molecular flexibility index (Phi) is 5.51. The van der Waals surface area contributed by atoms with E-state index in [1.807, 2.05) is 0 Å². The highest BCUT2D eigenvalue weighted by atomic mass is 16.5. The van der Waals surface area contributed by atoms with Crippen LogP contribution < -0.4 is 10.9 Å². The van der Waals surface area contributed by atoms with Gasteiger partial charge in [-0.25, -0.2) is 4.79 Å². The molecule has 0 saturated carbocycles. The van der Waals surface area contributed by atoms with Gasteiger partial charge < -0.3 is 24.3 Å². The van der Waals surface area contributed by atoms with Crippen molar-refractivity contribution >= 4 is 16.9 Å². The molecule has 0 aliphatic rings. The number of ether oxygens (including phenoxy) is 2. The van der Waals surface area contributed by atoms with E-state index in [1.54, 1.807) is 13.2 Å². The quantitative estimate of drug-likeness (QED) is 0.582. The molecule has 118 valence electrons. The first-order valence-corrected chi connectivity index (χ1v) is 6.73. The number of phenols is 1. The highest BCUT2D eigenvalue weighted by Crippen LogP contribution is 2.19. The van der Waals surface area contributed by atoms with Crippen LogP contribution in [0.25, 0.3) is 11.0 Å². The lowest BCUT2D eigenvalue weighted by atomic mass is 10.1. The van der Waals surface area contributed by atoms with Crippen LogP contribution in [0.3, 0.4) is 0 Å². The molecular formula is C15H17NO6. The van der Waals surface area contributed by atoms with E-state index in [4.69, 9.17) is 13.9 Å². The Bertz CT molecular complexity index is 709. The van der Waals surface area contributed by atoms with E-state index < -0.39 is 11.5 Å². The number of carbonyl (C=O) groups excluding carboxylic acids is 1. The van der Waals surface area contributed by atoms with Gasteiger partial charge in [0.05, 0.1) is 19.8 Å². The van der Waals surface area contributed by atoms with Gasteiger partial charge in [0.2, 0.25) is 0 Å². The van der Waals surface area contributed by atoms with Gasteiger partial charge in [-0.1, -0.05) is 0 Å². The second-order valence-corrected chi connectivity index (χ2v) is 4.53. The minimum Gasteiger partial charge on any atom is -0.508 e. The number of hydrogen-bond donors (Lipinski definition) is 2. The number of nitrogens with one attached hydrogen (secondary N) is 1. The number of phenolic OH excluding ortho intramolecular Hbond substituents is 1. The number of methoxy groups -OCH3 is 1. The third kappa shape index (κ3) is 4.06. The van der Waals surface area contributed by atoms with Crippen molar-refractivity contribution in [2.75, 3.05) is 33.5 Å². The topological polar surface area (TPSA) is 98.0 Å². The number of hydrogen-bond acceptors (Lipinski definition) is 6. The van der Waals surface area contributed by atoms with Gasteiger partial charge in [0.25, 0.3) is 5.91 Å². The monoisotopic (exact) mass is 307 g/mol. The smallest absolute Gasteiger partial charge is 0.349 e. The molecule has 2 N–H and O–H groups in total. The molecular weight excluding hydrogens is 290 g/mol. The average Bonchev–Trinajstić information content (AvgIpc) is 2.49. The van der Waals surface area contributed by atoms with Gasteiger partial charge in [-0.3, -0.25) is 4.79 Å². The molecule has 7 nitrogen and oxygen atoms in total. The van der Waals surface area contributed by atoms with E-state index in [9.17, 15) is 14.7 Å². The van der Waals surface area contributed by atoms with Crippen LogP contribution in [0.4, 0.5) is 0 Å². The predicted octanol–water partition coefficient (Wildman–Crippen LogP) is 0.891. The summed E-state index contributed by atoms with van der Waals surface area (Å²) in [5, 5.41) is 12.5. The molecule has 1 heterocycles. The maximum atomic E-state index is 12.0. The largest absolute Gasteiger partial charge is 0.508 e. The normalized spacial score (nSPS) is 10.8. The Morgan fingerprint density at radius 3 is 2.86 bits per heavy atom. The van der Waals surface area contributed by atoms with Crippen LogP contribution in [0.2, 0.25) is 0 Å². The van der Waals surface area contributed by atoms with E-state index in [0.29, 0.717) is 25.2 Å². The molecule has 0 aliphatic carbocycles. The van der Waals surface area contributed by atoms with Gasteiger partial charge >= 0.3 is 5.63 Å². The minimum atomic E-state index is -0.754. The standard InChI is InChI=1S/C15H17NO6/c1-20-6-7-21-5-4-16-14(18)12-8-10-2-3-11(17)9-13(10)22-15(12)19/h2-3,8-9,17H,4-7H2,1H3,(H,16,18). The summed E-state index contributed by atoms with van der Waals surface area (Å²) >= 11 is 0. The molecule has 0 unspecified atom stereocenters. The second-order valence-electron chi connectivity index (χ2n) is 4.53. The van der Waals surface area contributed by atoms with Gasteiger partial charge in [-0.15, -0.1) is 0 Å². The highest BCUT2D eigenvalue weighted by Gasteiger charge is 2.13. The number of carbonyl (C=O) groups is 1. The summed E-state index contributed by atoms with van der Waals surface area (Å²) in [6, 6.07) is 5.77. The fourth-order valence-electron chi connectivity index (χ4n) is 1.83. The van der Waals surface area contributed by atoms with Crippen molar-refractivity contribution in [2.24, 2.45) is 0 Å². The van der Waals surface area contributed by atoms with Crippen LogP contribution >= 0.6 is 0 Å². The van der Waals surface area contributed by atoms with E-state index in [2.05, 4.69) is 5.32 Å². The Labute approximate surface area is 126 Å². The summed E-state index contributed by atoms with van der Waals surface area (Å²) in [7, 11) is 1.57. The lowest BCUT2D eigenvalue weighted by Gasteiger charge is -2.06. The molecule has 2 aromatic rings. The zero-order valence-corrected chi connectivity index (χ0v) is 12.1. The van der Waals surface area contributed by atoms with Crippen LogP contribution in [0, 0.1) is 0 Å². The second kappa shape index (κ2) is 7.58. The Morgan fingerprint density at radius 1 is 1.27 bits per heavy atom. The average molecular weight is 307 g/mol. The highest BCUT2D eigenvalue weighted by molar-refractivity contribution is 5.96. The van der Waals surface area contributed by atoms with Gasteiger partial charge in [-0.05, 0) is 18.2 Å². The van der Waals surface area contributed by atoms with Gasteiger partial charge in [-0.2, -0.15) is 0 Å². The summed E-state index contributed by atoms with van der Waals surface area (Å²) in [6.45, 7) is 1.51. The Hall–Kier alpha value is -2.38. The fraction of sp³-hybridized carbons (Fsp3) is 0.333. The number of benzene rings is 1. The first-order valence-electron chi connectivity index (χ1n) is 6.73. The van der Waals surface area contributed by atoms with E-state index in [1.165, 1.54) is 18.2 Å². The molecule has 0 spiro atoms. The third-order valence-corrected chi connectivity index (χ3v) is 2.93. The fourth-order valence-corrected chi connectivity index (χ4v) is 1.83. The molecule has 0 radical (unpaired) electrons. The van der Waals surface area contributed by atoms with Crippen molar-refractivity contribution in [3.63, 3.8) is 0 Å². The zero-order chi connectivity index (χ0) is 15.9. The number of rotatable bonds is 7. The van der Waals surface area contributed by atoms with Crippen molar-refractivity contribution in [1.29, 1.82) is 0 Å². The zero-order valence-electron chi connectivity index (χ0n) is 12.1. The molecule has 0 aliphatic heterocycles. The maximum Gasteiger partial charge on any atom is 0.349 e. The number of fused-ring (bicyclic) bond motifs is 1. The summed E-state index contributed by atoms with van der Waals surface area (Å²) in [5.41, 5.74) is -0.615. The molecule has 0 atom stereocenters.